The number of nitrogens with one attached hydrogen (secondary N) is 1. The third-order valence-electron chi connectivity index (χ3n) is 3.28. The van der Waals surface area contributed by atoms with E-state index in [0.29, 0.717) is 12.6 Å². The van der Waals surface area contributed by atoms with Crippen molar-refractivity contribution >= 4 is 17.3 Å². The molecule has 0 aliphatic heterocycles. The van der Waals surface area contributed by atoms with Crippen molar-refractivity contribution in [2.24, 2.45) is 5.92 Å². The molecule has 1 rings (SSSR count). The number of hydrogen-bond acceptors (Lipinski definition) is 3. The predicted octanol–water partition coefficient (Wildman–Crippen LogP) is 4.55. The van der Waals surface area contributed by atoms with Gasteiger partial charge >= 0.3 is 0 Å². The molecule has 0 aliphatic carbocycles. The molecule has 1 unspecified atom stereocenters. The standard InChI is InChI=1S/C15H23ClN2O2/c1-11(2)5-4-6-12(3)17-10-13-7-8-14(16)15(9-13)18(19)20/h7-9,11-12,17H,4-6,10H2,1-3H3. The topological polar surface area (TPSA) is 55.2 Å². The van der Waals surface area contributed by atoms with Crippen LogP contribution in [-0.2, 0) is 6.54 Å². The van der Waals surface area contributed by atoms with E-state index in [0.717, 1.165) is 17.9 Å². The highest BCUT2D eigenvalue weighted by molar-refractivity contribution is 6.32. The molecule has 112 valence electrons. The highest BCUT2D eigenvalue weighted by Gasteiger charge is 2.12. The summed E-state index contributed by atoms with van der Waals surface area (Å²) in [7, 11) is 0. The Kier molecular flexibility index (Phi) is 6.96. The minimum atomic E-state index is -0.447. The number of hydrogen-bond donors (Lipinski definition) is 1. The molecule has 1 aromatic rings. The second kappa shape index (κ2) is 8.22. The van der Waals surface area contributed by atoms with Crippen molar-refractivity contribution in [3.63, 3.8) is 0 Å². The summed E-state index contributed by atoms with van der Waals surface area (Å²) < 4.78 is 0. The van der Waals surface area contributed by atoms with Gasteiger partial charge in [-0.2, -0.15) is 0 Å². The van der Waals surface area contributed by atoms with E-state index in [1.165, 1.54) is 18.9 Å². The molecule has 20 heavy (non-hydrogen) atoms. The lowest BCUT2D eigenvalue weighted by Crippen LogP contribution is -2.25. The van der Waals surface area contributed by atoms with Crippen LogP contribution in [-0.4, -0.2) is 11.0 Å². The first kappa shape index (κ1) is 16.9. The van der Waals surface area contributed by atoms with Gasteiger partial charge in [0.2, 0.25) is 0 Å². The zero-order valence-electron chi connectivity index (χ0n) is 12.4. The number of halogens is 1. The fourth-order valence-electron chi connectivity index (χ4n) is 2.03. The van der Waals surface area contributed by atoms with Gasteiger partial charge in [-0.25, -0.2) is 0 Å². The van der Waals surface area contributed by atoms with Crippen LogP contribution in [0.1, 0.15) is 45.6 Å². The highest BCUT2D eigenvalue weighted by atomic mass is 35.5. The molecule has 0 bridgehead atoms. The molecular weight excluding hydrogens is 276 g/mol. The normalized spacial score (nSPS) is 12.7. The zero-order valence-corrected chi connectivity index (χ0v) is 13.1. The van der Waals surface area contributed by atoms with Crippen LogP contribution in [0, 0.1) is 16.0 Å². The largest absolute Gasteiger partial charge is 0.310 e. The molecule has 0 heterocycles. The summed E-state index contributed by atoms with van der Waals surface area (Å²) in [6.07, 6.45) is 3.55. The monoisotopic (exact) mass is 298 g/mol. The third kappa shape index (κ3) is 5.88. The van der Waals surface area contributed by atoms with Crippen molar-refractivity contribution in [3.05, 3.63) is 38.9 Å². The van der Waals surface area contributed by atoms with E-state index in [-0.39, 0.29) is 10.7 Å². The molecule has 0 fully saturated rings. The highest BCUT2D eigenvalue weighted by Crippen LogP contribution is 2.25. The van der Waals surface area contributed by atoms with E-state index < -0.39 is 4.92 Å². The number of rotatable bonds is 8. The SMILES string of the molecule is CC(C)CCCC(C)NCc1ccc(Cl)c([N+](=O)[O-])c1. The molecular formula is C15H23ClN2O2. The van der Waals surface area contributed by atoms with E-state index >= 15 is 0 Å². The van der Waals surface area contributed by atoms with Crippen LogP contribution in [0.4, 0.5) is 5.69 Å². The van der Waals surface area contributed by atoms with Gasteiger partial charge in [-0.1, -0.05) is 44.4 Å². The van der Waals surface area contributed by atoms with Gasteiger partial charge in [-0.05, 0) is 30.9 Å². The molecule has 1 atom stereocenters. The summed E-state index contributed by atoms with van der Waals surface area (Å²) in [4.78, 5) is 10.4. The van der Waals surface area contributed by atoms with E-state index in [2.05, 4.69) is 26.1 Å². The minimum Gasteiger partial charge on any atom is -0.310 e. The summed E-state index contributed by atoms with van der Waals surface area (Å²) in [5.41, 5.74) is 0.857. The van der Waals surface area contributed by atoms with Crippen LogP contribution >= 0.6 is 11.6 Å². The Labute approximate surface area is 125 Å². The lowest BCUT2D eigenvalue weighted by Gasteiger charge is -2.14. The molecule has 4 nitrogen and oxygen atoms in total. The van der Waals surface area contributed by atoms with Crippen molar-refractivity contribution < 1.29 is 4.92 Å². The predicted molar refractivity (Wildman–Crippen MR) is 83.1 cm³/mol. The average Bonchev–Trinajstić information content (AvgIpc) is 2.37. The van der Waals surface area contributed by atoms with Crippen LogP contribution < -0.4 is 5.32 Å². The van der Waals surface area contributed by atoms with Crippen LogP contribution in [0.2, 0.25) is 5.02 Å². The number of nitro benzene ring substituents is 1. The Morgan fingerprint density at radius 1 is 1.30 bits per heavy atom. The molecule has 0 saturated heterocycles. The van der Waals surface area contributed by atoms with E-state index in [4.69, 9.17) is 11.6 Å². The van der Waals surface area contributed by atoms with Gasteiger partial charge in [0.15, 0.2) is 0 Å². The van der Waals surface area contributed by atoms with Crippen molar-refractivity contribution in [2.45, 2.75) is 52.6 Å². The van der Waals surface area contributed by atoms with Gasteiger partial charge < -0.3 is 5.32 Å². The summed E-state index contributed by atoms with van der Waals surface area (Å²) in [5.74, 6) is 0.737. The molecule has 0 spiro atoms. The maximum Gasteiger partial charge on any atom is 0.288 e. The Morgan fingerprint density at radius 3 is 2.60 bits per heavy atom. The second-order valence-electron chi connectivity index (χ2n) is 5.65. The quantitative estimate of drug-likeness (QED) is 0.565. The van der Waals surface area contributed by atoms with Crippen LogP contribution in [0.5, 0.6) is 0 Å². The van der Waals surface area contributed by atoms with Crippen LogP contribution in [0.25, 0.3) is 0 Å². The van der Waals surface area contributed by atoms with E-state index in [1.807, 2.05) is 6.07 Å². The lowest BCUT2D eigenvalue weighted by atomic mass is 10.0. The van der Waals surface area contributed by atoms with Crippen molar-refractivity contribution in [3.8, 4) is 0 Å². The summed E-state index contributed by atoms with van der Waals surface area (Å²) in [6.45, 7) is 7.22. The maximum absolute atomic E-state index is 10.8. The van der Waals surface area contributed by atoms with E-state index in [1.54, 1.807) is 6.07 Å². The second-order valence-corrected chi connectivity index (χ2v) is 6.06. The Bertz CT molecular complexity index is 449. The van der Waals surface area contributed by atoms with Crippen LogP contribution in [0.3, 0.4) is 0 Å². The van der Waals surface area contributed by atoms with E-state index in [9.17, 15) is 10.1 Å². The Balaban J connectivity index is 2.45. The van der Waals surface area contributed by atoms with Crippen molar-refractivity contribution in [1.29, 1.82) is 0 Å². The molecule has 0 aromatic heterocycles. The zero-order chi connectivity index (χ0) is 15.1. The fourth-order valence-corrected chi connectivity index (χ4v) is 2.22. The van der Waals surface area contributed by atoms with Crippen molar-refractivity contribution in [2.75, 3.05) is 0 Å². The van der Waals surface area contributed by atoms with Gasteiger partial charge in [0, 0.05) is 18.7 Å². The molecule has 0 radical (unpaired) electrons. The summed E-state index contributed by atoms with van der Waals surface area (Å²) in [5, 5.41) is 14.4. The Hall–Kier alpha value is -1.13. The molecule has 0 saturated carbocycles. The number of nitrogens with zero attached hydrogens (tertiary/aromatic N) is 1. The van der Waals surface area contributed by atoms with Gasteiger partial charge in [0.1, 0.15) is 5.02 Å². The van der Waals surface area contributed by atoms with Crippen molar-refractivity contribution in [1.82, 2.24) is 5.32 Å². The number of benzene rings is 1. The molecule has 5 heteroatoms. The molecule has 1 aromatic carbocycles. The summed E-state index contributed by atoms with van der Waals surface area (Å²) >= 11 is 5.79. The van der Waals surface area contributed by atoms with Gasteiger partial charge in [-0.15, -0.1) is 0 Å². The van der Waals surface area contributed by atoms with Gasteiger partial charge in [0.05, 0.1) is 4.92 Å². The first-order valence-electron chi connectivity index (χ1n) is 7.06. The van der Waals surface area contributed by atoms with Gasteiger partial charge in [-0.3, -0.25) is 10.1 Å². The smallest absolute Gasteiger partial charge is 0.288 e. The third-order valence-corrected chi connectivity index (χ3v) is 3.60. The number of nitro groups is 1. The molecule has 1 N–H and O–H groups in total. The molecule has 0 amide bonds. The van der Waals surface area contributed by atoms with Gasteiger partial charge in [0.25, 0.3) is 5.69 Å². The Morgan fingerprint density at radius 2 is 2.00 bits per heavy atom. The lowest BCUT2D eigenvalue weighted by molar-refractivity contribution is -0.384. The first-order valence-corrected chi connectivity index (χ1v) is 7.44. The fraction of sp³-hybridized carbons (Fsp3) is 0.600. The summed E-state index contributed by atoms with van der Waals surface area (Å²) in [6, 6.07) is 5.35. The molecule has 0 aliphatic rings. The first-order chi connectivity index (χ1) is 9.40. The minimum absolute atomic E-state index is 0.0292. The van der Waals surface area contributed by atoms with Crippen LogP contribution in [0.15, 0.2) is 18.2 Å². The maximum atomic E-state index is 10.8. The average molecular weight is 299 g/mol.